The van der Waals surface area contributed by atoms with Crippen molar-refractivity contribution in [2.45, 2.75) is 0 Å². The number of anilines is 1. The van der Waals surface area contributed by atoms with Gasteiger partial charge in [-0.2, -0.15) is 5.10 Å². The Labute approximate surface area is 158 Å². The topological polar surface area (TPSA) is 135 Å². The fraction of sp³-hybridized carbons (Fsp3) is 0. The van der Waals surface area contributed by atoms with E-state index in [0.29, 0.717) is 22.6 Å². The molecule has 10 heteroatoms. The maximum Gasteiger partial charge on any atom is 0.255 e. The van der Waals surface area contributed by atoms with Crippen LogP contribution in [-0.2, 0) is 0 Å². The van der Waals surface area contributed by atoms with Crippen LogP contribution in [0.5, 0.6) is 0 Å². The van der Waals surface area contributed by atoms with Crippen molar-refractivity contribution >= 4 is 68.2 Å². The second-order valence-corrected chi connectivity index (χ2v) is 4.53. The van der Waals surface area contributed by atoms with Gasteiger partial charge in [0.2, 0.25) is 0 Å². The molecule has 0 radical (unpaired) electrons. The standard InChI is InChI=1S/C14H13N7O.2BrH/c15-14(16)19-9-3-1-8(2-4-9)13(22)20-11-5-6-17-12-10(11)7-18-21-12;;/h1-7H,(H4,15,16,19)(H2,17,18,20,21,22);2*1H. The van der Waals surface area contributed by atoms with Crippen LogP contribution in [0.2, 0.25) is 0 Å². The van der Waals surface area contributed by atoms with Crippen LogP contribution in [0.25, 0.3) is 11.0 Å². The van der Waals surface area contributed by atoms with Gasteiger partial charge in [-0.15, -0.1) is 34.0 Å². The maximum atomic E-state index is 12.3. The lowest BCUT2D eigenvalue weighted by atomic mass is 10.2. The van der Waals surface area contributed by atoms with Crippen molar-refractivity contribution in [3.05, 3.63) is 48.3 Å². The molecule has 0 saturated carbocycles. The van der Waals surface area contributed by atoms with Crippen LogP contribution >= 0.6 is 34.0 Å². The van der Waals surface area contributed by atoms with E-state index in [4.69, 9.17) is 11.5 Å². The molecule has 6 N–H and O–H groups in total. The Kier molecular flexibility index (Phi) is 6.86. The van der Waals surface area contributed by atoms with Gasteiger partial charge in [-0.05, 0) is 30.3 Å². The van der Waals surface area contributed by atoms with Gasteiger partial charge in [0.1, 0.15) is 0 Å². The zero-order valence-corrected chi connectivity index (χ0v) is 15.7. The summed E-state index contributed by atoms with van der Waals surface area (Å²) in [5.41, 5.74) is 12.9. The van der Waals surface area contributed by atoms with Crippen molar-refractivity contribution in [3.63, 3.8) is 0 Å². The highest BCUT2D eigenvalue weighted by molar-refractivity contribution is 8.93. The van der Waals surface area contributed by atoms with Crippen LogP contribution < -0.4 is 16.8 Å². The molecule has 0 atom stereocenters. The molecule has 2 aromatic heterocycles. The second-order valence-electron chi connectivity index (χ2n) is 4.53. The van der Waals surface area contributed by atoms with Gasteiger partial charge in [-0.1, -0.05) is 0 Å². The van der Waals surface area contributed by atoms with E-state index in [-0.39, 0.29) is 45.8 Å². The van der Waals surface area contributed by atoms with E-state index in [1.54, 1.807) is 42.7 Å². The van der Waals surface area contributed by atoms with E-state index in [1.165, 1.54) is 0 Å². The lowest BCUT2D eigenvalue weighted by Gasteiger charge is -2.06. The van der Waals surface area contributed by atoms with Gasteiger partial charge in [0.25, 0.3) is 5.91 Å². The van der Waals surface area contributed by atoms with E-state index in [1.807, 2.05) is 0 Å². The number of benzene rings is 1. The van der Waals surface area contributed by atoms with Gasteiger partial charge in [-0.25, -0.2) is 9.98 Å². The number of guanidine groups is 1. The van der Waals surface area contributed by atoms with Gasteiger partial charge < -0.3 is 16.8 Å². The zero-order chi connectivity index (χ0) is 15.5. The van der Waals surface area contributed by atoms with Crippen molar-refractivity contribution in [1.82, 2.24) is 15.2 Å². The number of rotatable bonds is 3. The number of aliphatic imine (C=N–C) groups is 1. The molecular formula is C14H15Br2N7O. The molecule has 0 aliphatic carbocycles. The van der Waals surface area contributed by atoms with Crippen molar-refractivity contribution < 1.29 is 4.79 Å². The molecule has 3 rings (SSSR count). The summed E-state index contributed by atoms with van der Waals surface area (Å²) in [6.45, 7) is 0. The number of hydrogen-bond donors (Lipinski definition) is 4. The van der Waals surface area contributed by atoms with Gasteiger partial charge in [-0.3, -0.25) is 9.89 Å². The molecule has 1 aromatic carbocycles. The highest BCUT2D eigenvalue weighted by atomic mass is 79.9. The molecule has 0 unspecified atom stereocenters. The highest BCUT2D eigenvalue weighted by Gasteiger charge is 2.09. The number of carbonyl (C=O) groups is 1. The summed E-state index contributed by atoms with van der Waals surface area (Å²) in [6.07, 6.45) is 3.21. The van der Waals surface area contributed by atoms with Crippen molar-refractivity contribution in [1.29, 1.82) is 0 Å². The molecule has 1 amide bonds. The number of pyridine rings is 1. The number of amides is 1. The smallest absolute Gasteiger partial charge is 0.255 e. The predicted molar refractivity (Wildman–Crippen MR) is 104 cm³/mol. The molecule has 126 valence electrons. The van der Waals surface area contributed by atoms with Gasteiger partial charge >= 0.3 is 0 Å². The quantitative estimate of drug-likeness (QED) is 0.354. The summed E-state index contributed by atoms with van der Waals surface area (Å²) in [4.78, 5) is 20.3. The first-order chi connectivity index (χ1) is 10.6. The van der Waals surface area contributed by atoms with E-state index >= 15 is 0 Å². The predicted octanol–water partition coefficient (Wildman–Crippen LogP) is 2.27. The Hall–Kier alpha value is -2.46. The second kappa shape index (κ2) is 8.41. The number of nitrogens with one attached hydrogen (secondary N) is 2. The summed E-state index contributed by atoms with van der Waals surface area (Å²) < 4.78 is 0. The molecule has 0 saturated heterocycles. The van der Waals surface area contributed by atoms with Gasteiger partial charge in [0.15, 0.2) is 11.6 Å². The Morgan fingerprint density at radius 2 is 1.83 bits per heavy atom. The zero-order valence-electron chi connectivity index (χ0n) is 12.3. The van der Waals surface area contributed by atoms with Crippen molar-refractivity contribution in [2.24, 2.45) is 16.5 Å². The fourth-order valence-corrected chi connectivity index (χ4v) is 1.99. The minimum Gasteiger partial charge on any atom is -0.370 e. The van der Waals surface area contributed by atoms with Crippen LogP contribution in [0.1, 0.15) is 10.4 Å². The Balaban J connectivity index is 0.00000144. The van der Waals surface area contributed by atoms with Crippen LogP contribution in [0.3, 0.4) is 0 Å². The van der Waals surface area contributed by atoms with Crippen LogP contribution in [0.4, 0.5) is 11.4 Å². The van der Waals surface area contributed by atoms with Gasteiger partial charge in [0.05, 0.1) is 23.0 Å². The summed E-state index contributed by atoms with van der Waals surface area (Å²) in [5, 5.41) is 10.2. The van der Waals surface area contributed by atoms with Crippen LogP contribution in [0.15, 0.2) is 47.7 Å². The van der Waals surface area contributed by atoms with Gasteiger partial charge in [0, 0.05) is 11.8 Å². The number of fused-ring (bicyclic) bond motifs is 1. The first-order valence-corrected chi connectivity index (χ1v) is 6.42. The number of carbonyl (C=O) groups excluding carboxylic acids is 1. The molecule has 0 bridgehead atoms. The molecular weight excluding hydrogens is 442 g/mol. The Morgan fingerprint density at radius 3 is 2.50 bits per heavy atom. The number of halogens is 2. The monoisotopic (exact) mass is 455 g/mol. The Bertz CT molecular complexity index is 857. The molecule has 24 heavy (non-hydrogen) atoms. The average molecular weight is 457 g/mol. The SMILES string of the molecule is Br.Br.NC(N)=Nc1ccc(C(=O)Nc2ccnc3[nH]ncc23)cc1. The third-order valence-electron chi connectivity index (χ3n) is 2.99. The summed E-state index contributed by atoms with van der Waals surface area (Å²) in [6, 6.07) is 8.32. The first-order valence-electron chi connectivity index (χ1n) is 6.42. The number of nitrogens with two attached hydrogens (primary N) is 2. The lowest BCUT2D eigenvalue weighted by molar-refractivity contribution is 0.102. The minimum absolute atomic E-state index is 0. The Morgan fingerprint density at radius 1 is 1.12 bits per heavy atom. The largest absolute Gasteiger partial charge is 0.370 e. The normalized spacial score (nSPS) is 9.50. The molecule has 0 aliphatic rings. The molecule has 0 spiro atoms. The number of aromatic amines is 1. The average Bonchev–Trinajstić information content (AvgIpc) is 2.97. The number of H-pyrrole nitrogens is 1. The van der Waals surface area contributed by atoms with Crippen molar-refractivity contribution in [2.75, 3.05) is 5.32 Å². The third kappa shape index (κ3) is 4.30. The number of hydrogen-bond acceptors (Lipinski definition) is 4. The third-order valence-corrected chi connectivity index (χ3v) is 2.99. The molecule has 2 heterocycles. The maximum absolute atomic E-state index is 12.3. The number of aromatic nitrogens is 3. The molecule has 0 fully saturated rings. The van der Waals surface area contributed by atoms with E-state index in [9.17, 15) is 4.79 Å². The van der Waals surface area contributed by atoms with Crippen LogP contribution in [0, 0.1) is 0 Å². The first kappa shape index (κ1) is 19.6. The summed E-state index contributed by atoms with van der Waals surface area (Å²) in [7, 11) is 0. The minimum atomic E-state index is -0.245. The fourth-order valence-electron chi connectivity index (χ4n) is 1.99. The molecule has 3 aromatic rings. The van der Waals surface area contributed by atoms with E-state index in [0.717, 1.165) is 5.39 Å². The number of nitrogens with zero attached hydrogens (tertiary/aromatic N) is 3. The van der Waals surface area contributed by atoms with E-state index < -0.39 is 0 Å². The lowest BCUT2D eigenvalue weighted by Crippen LogP contribution is -2.21. The van der Waals surface area contributed by atoms with Crippen LogP contribution in [-0.4, -0.2) is 27.0 Å². The molecule has 0 aliphatic heterocycles. The van der Waals surface area contributed by atoms with E-state index in [2.05, 4.69) is 25.5 Å². The molecule has 8 nitrogen and oxygen atoms in total. The summed E-state index contributed by atoms with van der Waals surface area (Å²) in [5.74, 6) is -0.277. The highest BCUT2D eigenvalue weighted by Crippen LogP contribution is 2.20. The van der Waals surface area contributed by atoms with Crippen molar-refractivity contribution in [3.8, 4) is 0 Å². The summed E-state index contributed by atoms with van der Waals surface area (Å²) >= 11 is 0.